The number of hydrogen-bond donors (Lipinski definition) is 0. The van der Waals surface area contributed by atoms with Crippen LogP contribution in [-0.4, -0.2) is 16.7 Å². The van der Waals surface area contributed by atoms with Gasteiger partial charge in [-0.2, -0.15) is 0 Å². The molecule has 1 aromatic heterocycles. The van der Waals surface area contributed by atoms with Crippen LogP contribution in [0.1, 0.15) is 23.3 Å². The minimum absolute atomic E-state index is 0.100. The smallest absolute Gasteiger partial charge is 0.233 e. The van der Waals surface area contributed by atoms with Crippen LogP contribution in [0.2, 0.25) is 0 Å². The standard InChI is InChI=1S/C17H17NO3/c1-12-4-6-13(7-5-12)9-14-10-16(19)18(17(14)20)11-15-3-2-8-21-15/h2-8,14H,9-11H2,1H3/t14-/m1/s1. The Labute approximate surface area is 123 Å². The highest BCUT2D eigenvalue weighted by molar-refractivity contribution is 6.03. The number of aryl methyl sites for hydroxylation is 1. The molecular weight excluding hydrogens is 266 g/mol. The molecule has 1 aromatic carbocycles. The van der Waals surface area contributed by atoms with Crippen LogP contribution in [0.25, 0.3) is 0 Å². The molecule has 1 aliphatic heterocycles. The maximum Gasteiger partial charge on any atom is 0.233 e. The highest BCUT2D eigenvalue weighted by atomic mass is 16.3. The van der Waals surface area contributed by atoms with E-state index >= 15 is 0 Å². The van der Waals surface area contributed by atoms with E-state index < -0.39 is 0 Å². The summed E-state index contributed by atoms with van der Waals surface area (Å²) in [5.41, 5.74) is 2.28. The zero-order chi connectivity index (χ0) is 14.8. The number of nitrogens with zero attached hydrogens (tertiary/aromatic N) is 1. The van der Waals surface area contributed by atoms with Crippen LogP contribution in [-0.2, 0) is 22.6 Å². The van der Waals surface area contributed by atoms with Gasteiger partial charge in [-0.05, 0) is 31.0 Å². The van der Waals surface area contributed by atoms with Crippen LogP contribution in [0.5, 0.6) is 0 Å². The summed E-state index contributed by atoms with van der Waals surface area (Å²) >= 11 is 0. The van der Waals surface area contributed by atoms with Gasteiger partial charge in [-0.1, -0.05) is 29.8 Å². The Morgan fingerprint density at radius 3 is 2.62 bits per heavy atom. The minimum Gasteiger partial charge on any atom is -0.467 e. The summed E-state index contributed by atoms with van der Waals surface area (Å²) in [5.74, 6) is 0.161. The maximum atomic E-state index is 12.4. The highest BCUT2D eigenvalue weighted by Crippen LogP contribution is 2.25. The number of amides is 2. The third kappa shape index (κ3) is 2.89. The molecule has 1 fully saturated rings. The van der Waals surface area contributed by atoms with Crippen LogP contribution in [0.15, 0.2) is 47.1 Å². The van der Waals surface area contributed by atoms with Crippen LogP contribution in [0.4, 0.5) is 0 Å². The minimum atomic E-state index is -0.254. The Balaban J connectivity index is 1.69. The average molecular weight is 283 g/mol. The largest absolute Gasteiger partial charge is 0.467 e. The fourth-order valence-corrected chi connectivity index (χ4v) is 2.64. The molecule has 1 saturated heterocycles. The molecule has 2 heterocycles. The fourth-order valence-electron chi connectivity index (χ4n) is 2.64. The Morgan fingerprint density at radius 2 is 1.95 bits per heavy atom. The Hall–Kier alpha value is -2.36. The van der Waals surface area contributed by atoms with Crippen molar-refractivity contribution in [2.24, 2.45) is 5.92 Å². The van der Waals surface area contributed by atoms with Crippen molar-refractivity contribution in [3.05, 3.63) is 59.5 Å². The second kappa shape index (κ2) is 5.56. The lowest BCUT2D eigenvalue weighted by Crippen LogP contribution is -2.30. The van der Waals surface area contributed by atoms with E-state index in [0.29, 0.717) is 12.2 Å². The van der Waals surface area contributed by atoms with Gasteiger partial charge in [0.15, 0.2) is 0 Å². The van der Waals surface area contributed by atoms with Gasteiger partial charge in [-0.25, -0.2) is 0 Å². The lowest BCUT2D eigenvalue weighted by atomic mass is 9.97. The second-order valence-corrected chi connectivity index (χ2v) is 5.49. The van der Waals surface area contributed by atoms with Crippen molar-refractivity contribution < 1.29 is 14.0 Å². The molecule has 1 aliphatic rings. The summed E-state index contributed by atoms with van der Waals surface area (Å²) in [4.78, 5) is 25.7. The number of hydrogen-bond acceptors (Lipinski definition) is 3. The van der Waals surface area contributed by atoms with Crippen molar-refractivity contribution >= 4 is 11.8 Å². The highest BCUT2D eigenvalue weighted by Gasteiger charge is 2.38. The predicted octanol–water partition coefficient (Wildman–Crippen LogP) is 2.71. The summed E-state index contributed by atoms with van der Waals surface area (Å²) in [6, 6.07) is 11.6. The number of carbonyl (C=O) groups excluding carboxylic acids is 2. The number of likely N-dealkylation sites (tertiary alicyclic amines) is 1. The van der Waals surface area contributed by atoms with E-state index in [9.17, 15) is 9.59 Å². The van der Waals surface area contributed by atoms with Crippen LogP contribution >= 0.6 is 0 Å². The first kappa shape index (κ1) is 13.6. The van der Waals surface area contributed by atoms with Gasteiger partial charge in [0.1, 0.15) is 5.76 Å². The zero-order valence-corrected chi connectivity index (χ0v) is 11.9. The normalized spacial score (nSPS) is 18.5. The van der Waals surface area contributed by atoms with Crippen molar-refractivity contribution in [3.63, 3.8) is 0 Å². The monoisotopic (exact) mass is 283 g/mol. The van der Waals surface area contributed by atoms with E-state index in [4.69, 9.17) is 4.42 Å². The van der Waals surface area contributed by atoms with E-state index in [-0.39, 0.29) is 30.7 Å². The van der Waals surface area contributed by atoms with Gasteiger partial charge in [-0.3, -0.25) is 14.5 Å². The van der Waals surface area contributed by atoms with Gasteiger partial charge < -0.3 is 4.42 Å². The van der Waals surface area contributed by atoms with Gasteiger partial charge in [0.25, 0.3) is 0 Å². The van der Waals surface area contributed by atoms with Crippen molar-refractivity contribution in [1.29, 1.82) is 0 Å². The van der Waals surface area contributed by atoms with E-state index in [1.165, 1.54) is 10.5 Å². The van der Waals surface area contributed by atoms with Gasteiger partial charge >= 0.3 is 0 Å². The molecule has 2 aromatic rings. The van der Waals surface area contributed by atoms with E-state index in [1.54, 1.807) is 18.4 Å². The summed E-state index contributed by atoms with van der Waals surface area (Å²) in [6.45, 7) is 2.26. The molecule has 3 rings (SSSR count). The van der Waals surface area contributed by atoms with Crippen LogP contribution in [0.3, 0.4) is 0 Å². The molecule has 4 heteroatoms. The quantitative estimate of drug-likeness (QED) is 0.811. The molecule has 0 saturated carbocycles. The molecule has 0 unspecified atom stereocenters. The Kier molecular flexibility index (Phi) is 3.60. The second-order valence-electron chi connectivity index (χ2n) is 5.49. The molecule has 4 nitrogen and oxygen atoms in total. The third-order valence-corrected chi connectivity index (χ3v) is 3.83. The molecule has 0 radical (unpaired) electrons. The van der Waals surface area contributed by atoms with Crippen molar-refractivity contribution in [3.8, 4) is 0 Å². The van der Waals surface area contributed by atoms with Gasteiger partial charge in [-0.15, -0.1) is 0 Å². The van der Waals surface area contributed by atoms with Crippen molar-refractivity contribution in [2.45, 2.75) is 26.3 Å². The fraction of sp³-hybridized carbons (Fsp3) is 0.294. The van der Waals surface area contributed by atoms with Gasteiger partial charge in [0.05, 0.1) is 18.7 Å². The number of furan rings is 1. The van der Waals surface area contributed by atoms with Crippen LogP contribution in [0, 0.1) is 12.8 Å². The van der Waals surface area contributed by atoms with Crippen molar-refractivity contribution in [2.75, 3.05) is 0 Å². The number of imide groups is 1. The molecule has 0 spiro atoms. The maximum absolute atomic E-state index is 12.4. The number of benzene rings is 1. The summed E-state index contributed by atoms with van der Waals surface area (Å²) < 4.78 is 5.21. The zero-order valence-electron chi connectivity index (χ0n) is 11.9. The SMILES string of the molecule is Cc1ccc(C[C@@H]2CC(=O)N(Cc3ccco3)C2=O)cc1. The Bertz CT molecular complexity index is 643. The van der Waals surface area contributed by atoms with E-state index in [0.717, 1.165) is 5.56 Å². The lowest BCUT2D eigenvalue weighted by molar-refractivity contribution is -0.140. The molecule has 1 atom stereocenters. The first-order valence-corrected chi connectivity index (χ1v) is 7.05. The molecule has 0 bridgehead atoms. The molecule has 0 aliphatic carbocycles. The van der Waals surface area contributed by atoms with E-state index in [1.807, 2.05) is 31.2 Å². The first-order chi connectivity index (χ1) is 10.1. The molecule has 21 heavy (non-hydrogen) atoms. The van der Waals surface area contributed by atoms with E-state index in [2.05, 4.69) is 0 Å². The number of carbonyl (C=O) groups is 2. The van der Waals surface area contributed by atoms with Crippen molar-refractivity contribution in [1.82, 2.24) is 4.90 Å². The average Bonchev–Trinajstić information content (AvgIpc) is 3.06. The Morgan fingerprint density at radius 1 is 1.19 bits per heavy atom. The predicted molar refractivity (Wildman–Crippen MR) is 77.3 cm³/mol. The third-order valence-electron chi connectivity index (χ3n) is 3.83. The lowest BCUT2D eigenvalue weighted by Gasteiger charge is -2.13. The summed E-state index contributed by atoms with van der Waals surface area (Å²) in [6.07, 6.45) is 2.44. The summed E-state index contributed by atoms with van der Waals surface area (Å²) in [5, 5.41) is 0. The number of rotatable bonds is 4. The topological polar surface area (TPSA) is 50.5 Å². The molecular formula is C17H17NO3. The molecule has 108 valence electrons. The van der Waals surface area contributed by atoms with Crippen LogP contribution < -0.4 is 0 Å². The summed E-state index contributed by atoms with van der Waals surface area (Å²) in [7, 11) is 0. The molecule has 0 N–H and O–H groups in total. The first-order valence-electron chi connectivity index (χ1n) is 7.05. The van der Waals surface area contributed by atoms with Gasteiger partial charge in [0, 0.05) is 6.42 Å². The molecule has 2 amide bonds. The van der Waals surface area contributed by atoms with Gasteiger partial charge in [0.2, 0.25) is 11.8 Å².